The summed E-state index contributed by atoms with van der Waals surface area (Å²) in [6, 6.07) is 21.9. The Bertz CT molecular complexity index is 1030. The molecule has 3 rings (SSSR count). The van der Waals surface area contributed by atoms with Crippen LogP contribution in [0.15, 0.2) is 84.2 Å². The van der Waals surface area contributed by atoms with E-state index in [1.807, 2.05) is 67.0 Å². The van der Waals surface area contributed by atoms with Gasteiger partial charge in [0.05, 0.1) is 23.0 Å². The van der Waals surface area contributed by atoms with Crippen LogP contribution in [-0.2, 0) is 0 Å². The van der Waals surface area contributed by atoms with Crippen molar-refractivity contribution in [3.05, 3.63) is 90.5 Å². The second kappa shape index (κ2) is 19.0. The highest BCUT2D eigenvalue weighted by atomic mass is 32.1. The summed E-state index contributed by atoms with van der Waals surface area (Å²) in [5, 5.41) is 8.52. The second-order valence-corrected chi connectivity index (χ2v) is 10.5. The van der Waals surface area contributed by atoms with E-state index in [9.17, 15) is 0 Å². The molecule has 0 fully saturated rings. The number of hydrogen-bond donors (Lipinski definition) is 2. The molecule has 0 bridgehead atoms. The highest BCUT2D eigenvalue weighted by molar-refractivity contribution is 7.80. The number of pyridine rings is 2. The van der Waals surface area contributed by atoms with Gasteiger partial charge in [-0.05, 0) is 61.5 Å². The lowest BCUT2D eigenvalue weighted by Crippen LogP contribution is -2.27. The van der Waals surface area contributed by atoms with E-state index in [2.05, 4.69) is 39.8 Å². The third-order valence-corrected chi connectivity index (χ3v) is 7.11. The molecule has 0 atom stereocenters. The fourth-order valence-corrected chi connectivity index (χ4v) is 4.96. The summed E-state index contributed by atoms with van der Waals surface area (Å²) in [6.07, 6.45) is 20.4. The van der Waals surface area contributed by atoms with Crippen molar-refractivity contribution in [1.29, 1.82) is 0 Å². The summed E-state index contributed by atoms with van der Waals surface area (Å²) >= 11 is 5.55. The lowest BCUT2D eigenvalue weighted by molar-refractivity contribution is 0.545. The molecule has 208 valence electrons. The van der Waals surface area contributed by atoms with E-state index in [1.165, 1.54) is 70.6 Å². The van der Waals surface area contributed by atoms with Crippen LogP contribution in [0.4, 0.5) is 5.69 Å². The maximum absolute atomic E-state index is 5.55. The minimum absolute atomic E-state index is 0.132. The molecule has 0 spiro atoms. The van der Waals surface area contributed by atoms with Crippen molar-refractivity contribution in [1.82, 2.24) is 15.4 Å². The zero-order valence-electron chi connectivity index (χ0n) is 23.5. The molecule has 2 N–H and O–H groups in total. The molecule has 39 heavy (non-hydrogen) atoms. The summed E-state index contributed by atoms with van der Waals surface area (Å²) in [7, 11) is 0. The molecule has 0 saturated carbocycles. The normalized spacial score (nSPS) is 11.5. The van der Waals surface area contributed by atoms with Crippen LogP contribution in [-0.4, -0.2) is 20.8 Å². The summed E-state index contributed by atoms with van der Waals surface area (Å²) < 4.78 is 0. The molecule has 3 aromatic rings. The Balaban J connectivity index is 1.58. The Kier molecular flexibility index (Phi) is 14.8. The van der Waals surface area contributed by atoms with Gasteiger partial charge in [0.15, 0.2) is 5.11 Å². The minimum atomic E-state index is -0.132. The standard InChI is InChI=1S/C33H45N5S/c1-2-3-4-5-6-7-8-9-10-11-12-16-25-31(37-38-33(39)36-28-21-14-13-15-22-28)32(29-23-17-19-26-34-29)30-24-18-20-27-35-30/h13-15,17-24,26-27,32H,2-12,16,25H2,1H3,(H2,36,38,39). The second-order valence-electron chi connectivity index (χ2n) is 10.1. The first kappa shape index (κ1) is 30.4. The molecule has 0 unspecified atom stereocenters. The van der Waals surface area contributed by atoms with Crippen LogP contribution in [0.3, 0.4) is 0 Å². The topological polar surface area (TPSA) is 62.2 Å². The van der Waals surface area contributed by atoms with Gasteiger partial charge in [-0.2, -0.15) is 5.10 Å². The van der Waals surface area contributed by atoms with Gasteiger partial charge < -0.3 is 5.32 Å². The third-order valence-electron chi connectivity index (χ3n) is 6.92. The number of para-hydroxylation sites is 1. The van der Waals surface area contributed by atoms with Gasteiger partial charge in [-0.3, -0.25) is 15.4 Å². The molecule has 1 aromatic carbocycles. The summed E-state index contributed by atoms with van der Waals surface area (Å²) in [5.74, 6) is -0.132. The van der Waals surface area contributed by atoms with E-state index in [0.717, 1.165) is 35.6 Å². The number of hydrazone groups is 1. The molecule has 2 heterocycles. The van der Waals surface area contributed by atoms with E-state index in [1.54, 1.807) is 0 Å². The number of benzene rings is 1. The summed E-state index contributed by atoms with van der Waals surface area (Å²) in [6.45, 7) is 2.28. The molecule has 0 amide bonds. The number of rotatable bonds is 18. The number of aromatic nitrogens is 2. The Morgan fingerprint density at radius 1 is 0.692 bits per heavy atom. The number of nitrogens with one attached hydrogen (secondary N) is 2. The minimum Gasteiger partial charge on any atom is -0.331 e. The zero-order chi connectivity index (χ0) is 27.4. The van der Waals surface area contributed by atoms with Crippen molar-refractivity contribution < 1.29 is 0 Å². The van der Waals surface area contributed by atoms with Gasteiger partial charge in [-0.1, -0.05) is 108 Å². The van der Waals surface area contributed by atoms with E-state index < -0.39 is 0 Å². The van der Waals surface area contributed by atoms with Crippen LogP contribution < -0.4 is 10.7 Å². The Hall–Kier alpha value is -3.12. The van der Waals surface area contributed by atoms with E-state index in [-0.39, 0.29) is 5.92 Å². The predicted molar refractivity (Wildman–Crippen MR) is 169 cm³/mol. The van der Waals surface area contributed by atoms with Crippen LogP contribution in [0.1, 0.15) is 108 Å². The fourth-order valence-electron chi connectivity index (χ4n) is 4.80. The van der Waals surface area contributed by atoms with E-state index >= 15 is 0 Å². The Morgan fingerprint density at radius 3 is 1.72 bits per heavy atom. The number of unbranched alkanes of at least 4 members (excludes halogenated alkanes) is 11. The lowest BCUT2D eigenvalue weighted by Gasteiger charge is -2.19. The first-order valence-electron chi connectivity index (χ1n) is 14.8. The highest BCUT2D eigenvalue weighted by Crippen LogP contribution is 2.26. The summed E-state index contributed by atoms with van der Waals surface area (Å²) in [5.41, 5.74) is 6.91. The Morgan fingerprint density at radius 2 is 1.21 bits per heavy atom. The van der Waals surface area contributed by atoms with Crippen LogP contribution >= 0.6 is 12.2 Å². The molecule has 6 heteroatoms. The quantitative estimate of drug-likeness (QED) is 0.0725. The van der Waals surface area contributed by atoms with Gasteiger partial charge >= 0.3 is 0 Å². The highest BCUT2D eigenvalue weighted by Gasteiger charge is 2.23. The van der Waals surface area contributed by atoms with Gasteiger partial charge in [-0.25, -0.2) is 0 Å². The largest absolute Gasteiger partial charge is 0.331 e. The van der Waals surface area contributed by atoms with Gasteiger partial charge in [0.1, 0.15) is 0 Å². The van der Waals surface area contributed by atoms with Crippen LogP contribution in [0, 0.1) is 0 Å². The molecule has 0 aliphatic carbocycles. The number of anilines is 1. The predicted octanol–water partition coefficient (Wildman–Crippen LogP) is 9.04. The average molecular weight is 544 g/mol. The van der Waals surface area contributed by atoms with Crippen LogP contribution in [0.25, 0.3) is 0 Å². The monoisotopic (exact) mass is 543 g/mol. The van der Waals surface area contributed by atoms with Gasteiger partial charge in [0.25, 0.3) is 0 Å². The van der Waals surface area contributed by atoms with Crippen molar-refractivity contribution in [3.63, 3.8) is 0 Å². The van der Waals surface area contributed by atoms with Crippen LogP contribution in [0.5, 0.6) is 0 Å². The molecule has 0 saturated heterocycles. The van der Waals surface area contributed by atoms with Gasteiger partial charge in [0, 0.05) is 18.1 Å². The number of hydrogen-bond acceptors (Lipinski definition) is 4. The SMILES string of the molecule is CCCCCCCCCCCCCCC(=NNC(=S)Nc1ccccc1)C(c1ccccn1)c1ccccn1. The van der Waals surface area contributed by atoms with E-state index in [0.29, 0.717) is 5.11 Å². The first-order chi connectivity index (χ1) is 19.3. The first-order valence-corrected chi connectivity index (χ1v) is 15.2. The van der Waals surface area contributed by atoms with Crippen molar-refractivity contribution in [2.24, 2.45) is 5.10 Å². The molecular weight excluding hydrogens is 498 g/mol. The maximum Gasteiger partial charge on any atom is 0.191 e. The fraction of sp³-hybridized carbons (Fsp3) is 0.455. The molecule has 0 aliphatic rings. The smallest absolute Gasteiger partial charge is 0.191 e. The lowest BCUT2D eigenvalue weighted by atomic mass is 9.91. The average Bonchev–Trinajstić information content (AvgIpc) is 2.98. The molecule has 0 radical (unpaired) electrons. The van der Waals surface area contributed by atoms with Crippen molar-refractivity contribution in [2.45, 2.75) is 96.3 Å². The zero-order valence-corrected chi connectivity index (χ0v) is 24.3. The van der Waals surface area contributed by atoms with Crippen molar-refractivity contribution in [2.75, 3.05) is 5.32 Å². The molecular formula is C33H45N5S. The van der Waals surface area contributed by atoms with Crippen molar-refractivity contribution >= 4 is 28.7 Å². The molecule has 5 nitrogen and oxygen atoms in total. The number of thiocarbonyl (C=S) groups is 1. The van der Waals surface area contributed by atoms with Crippen LogP contribution in [0.2, 0.25) is 0 Å². The third kappa shape index (κ3) is 12.1. The Labute approximate surface area is 241 Å². The van der Waals surface area contributed by atoms with Gasteiger partial charge in [-0.15, -0.1) is 0 Å². The van der Waals surface area contributed by atoms with E-state index in [4.69, 9.17) is 17.3 Å². The maximum atomic E-state index is 5.55. The molecule has 0 aliphatic heterocycles. The van der Waals surface area contributed by atoms with Crippen molar-refractivity contribution in [3.8, 4) is 0 Å². The molecule has 2 aromatic heterocycles. The number of nitrogens with zero attached hydrogens (tertiary/aromatic N) is 3. The summed E-state index contributed by atoms with van der Waals surface area (Å²) in [4.78, 5) is 9.37. The van der Waals surface area contributed by atoms with Gasteiger partial charge in [0.2, 0.25) is 0 Å².